The molecule has 0 spiro atoms. The Labute approximate surface area is 78.1 Å². The lowest BCUT2D eigenvalue weighted by Crippen LogP contribution is -2.07. The van der Waals surface area contributed by atoms with Crippen molar-refractivity contribution in [3.63, 3.8) is 0 Å². The van der Waals surface area contributed by atoms with Crippen LogP contribution in [0, 0.1) is 11.3 Å². The van der Waals surface area contributed by atoms with E-state index in [-0.39, 0.29) is 0 Å². The van der Waals surface area contributed by atoms with Gasteiger partial charge >= 0.3 is 0 Å². The summed E-state index contributed by atoms with van der Waals surface area (Å²) in [6.45, 7) is 11.4. The van der Waals surface area contributed by atoms with Crippen LogP contribution in [-0.4, -0.2) is 0 Å². The predicted octanol–water partition coefficient (Wildman–Crippen LogP) is 4.42. The summed E-state index contributed by atoms with van der Waals surface area (Å²) in [5.74, 6) is 0.748. The molecule has 0 aliphatic heterocycles. The van der Waals surface area contributed by atoms with Gasteiger partial charge in [0.25, 0.3) is 0 Å². The summed E-state index contributed by atoms with van der Waals surface area (Å²) >= 11 is 0. The average molecular weight is 168 g/mol. The second-order valence-electron chi connectivity index (χ2n) is 4.54. The Bertz CT molecular complexity index is 131. The standard InChI is InChI=1S/C12H24/c1-6-11(3)9-8-10-12(4,5)7-2/h8-9,11H,6-7,10H2,1-5H3. The first-order valence-electron chi connectivity index (χ1n) is 5.18. The van der Waals surface area contributed by atoms with Gasteiger partial charge in [-0.05, 0) is 17.8 Å². The summed E-state index contributed by atoms with van der Waals surface area (Å²) in [4.78, 5) is 0. The summed E-state index contributed by atoms with van der Waals surface area (Å²) in [6, 6.07) is 0. The van der Waals surface area contributed by atoms with Gasteiger partial charge in [-0.25, -0.2) is 0 Å². The minimum Gasteiger partial charge on any atom is -0.0877 e. The monoisotopic (exact) mass is 168 g/mol. The van der Waals surface area contributed by atoms with E-state index in [4.69, 9.17) is 0 Å². The molecule has 0 aliphatic rings. The number of allylic oxidation sites excluding steroid dienone is 2. The minimum atomic E-state index is 0.490. The molecule has 0 fully saturated rings. The van der Waals surface area contributed by atoms with E-state index in [1.807, 2.05) is 0 Å². The van der Waals surface area contributed by atoms with E-state index in [9.17, 15) is 0 Å². The van der Waals surface area contributed by atoms with Crippen molar-refractivity contribution in [2.75, 3.05) is 0 Å². The molecule has 0 heterocycles. The first-order valence-corrected chi connectivity index (χ1v) is 5.18. The maximum Gasteiger partial charge on any atom is -0.0265 e. The van der Waals surface area contributed by atoms with Gasteiger partial charge in [0, 0.05) is 0 Å². The molecule has 0 aliphatic carbocycles. The van der Waals surface area contributed by atoms with Gasteiger partial charge in [-0.1, -0.05) is 59.6 Å². The molecule has 0 nitrogen and oxygen atoms in total. The molecular formula is C12H24. The van der Waals surface area contributed by atoms with E-state index >= 15 is 0 Å². The topological polar surface area (TPSA) is 0 Å². The van der Waals surface area contributed by atoms with Crippen molar-refractivity contribution in [1.82, 2.24) is 0 Å². The van der Waals surface area contributed by atoms with Gasteiger partial charge in [-0.2, -0.15) is 0 Å². The highest BCUT2D eigenvalue weighted by Crippen LogP contribution is 2.24. The number of hydrogen-bond donors (Lipinski definition) is 0. The third kappa shape index (κ3) is 5.40. The molecule has 0 bridgehead atoms. The third-order valence-electron chi connectivity index (χ3n) is 2.74. The summed E-state index contributed by atoms with van der Waals surface area (Å²) in [5.41, 5.74) is 0.490. The van der Waals surface area contributed by atoms with Crippen molar-refractivity contribution in [1.29, 1.82) is 0 Å². The van der Waals surface area contributed by atoms with Gasteiger partial charge in [0.05, 0.1) is 0 Å². The minimum absolute atomic E-state index is 0.490. The average Bonchev–Trinajstić information content (AvgIpc) is 2.04. The molecule has 0 N–H and O–H groups in total. The Morgan fingerprint density at radius 2 is 1.83 bits per heavy atom. The number of hydrogen-bond acceptors (Lipinski definition) is 0. The van der Waals surface area contributed by atoms with Crippen molar-refractivity contribution in [2.24, 2.45) is 11.3 Å². The third-order valence-corrected chi connectivity index (χ3v) is 2.74. The molecule has 0 aromatic heterocycles. The van der Waals surface area contributed by atoms with Gasteiger partial charge in [0.2, 0.25) is 0 Å². The molecule has 1 unspecified atom stereocenters. The highest BCUT2D eigenvalue weighted by Gasteiger charge is 2.11. The van der Waals surface area contributed by atoms with E-state index in [1.165, 1.54) is 19.3 Å². The Balaban J connectivity index is 3.73. The lowest BCUT2D eigenvalue weighted by atomic mass is 9.86. The zero-order chi connectivity index (χ0) is 9.61. The summed E-state index contributed by atoms with van der Waals surface area (Å²) in [6.07, 6.45) is 8.42. The Hall–Kier alpha value is -0.260. The predicted molar refractivity (Wildman–Crippen MR) is 57.3 cm³/mol. The van der Waals surface area contributed by atoms with Gasteiger partial charge in [-0.3, -0.25) is 0 Å². The van der Waals surface area contributed by atoms with Crippen LogP contribution in [0.5, 0.6) is 0 Å². The van der Waals surface area contributed by atoms with Crippen molar-refractivity contribution in [2.45, 2.75) is 53.9 Å². The smallest absolute Gasteiger partial charge is 0.0265 e. The van der Waals surface area contributed by atoms with Gasteiger partial charge in [0.1, 0.15) is 0 Å². The zero-order valence-corrected chi connectivity index (χ0v) is 9.35. The van der Waals surface area contributed by atoms with Crippen LogP contribution in [0.15, 0.2) is 12.2 Å². The van der Waals surface area contributed by atoms with Crippen LogP contribution < -0.4 is 0 Å². The number of rotatable bonds is 5. The SMILES string of the molecule is CCC(C)C=CCC(C)(C)CC. The van der Waals surface area contributed by atoms with Crippen molar-refractivity contribution in [3.8, 4) is 0 Å². The fourth-order valence-electron chi connectivity index (χ4n) is 0.900. The molecular weight excluding hydrogens is 144 g/mol. The Morgan fingerprint density at radius 1 is 1.25 bits per heavy atom. The molecule has 0 rings (SSSR count). The van der Waals surface area contributed by atoms with Crippen LogP contribution in [-0.2, 0) is 0 Å². The molecule has 0 aromatic rings. The normalized spacial score (nSPS) is 15.4. The van der Waals surface area contributed by atoms with Crippen LogP contribution >= 0.6 is 0 Å². The van der Waals surface area contributed by atoms with E-state index in [0.29, 0.717) is 5.41 Å². The molecule has 0 saturated heterocycles. The van der Waals surface area contributed by atoms with Crippen molar-refractivity contribution >= 4 is 0 Å². The van der Waals surface area contributed by atoms with E-state index in [1.54, 1.807) is 0 Å². The quantitative estimate of drug-likeness (QED) is 0.533. The van der Waals surface area contributed by atoms with Gasteiger partial charge < -0.3 is 0 Å². The highest BCUT2D eigenvalue weighted by atomic mass is 14.2. The van der Waals surface area contributed by atoms with Gasteiger partial charge in [0.15, 0.2) is 0 Å². The summed E-state index contributed by atoms with van der Waals surface area (Å²) < 4.78 is 0. The van der Waals surface area contributed by atoms with Crippen molar-refractivity contribution in [3.05, 3.63) is 12.2 Å². The highest BCUT2D eigenvalue weighted by molar-refractivity contribution is 4.89. The molecule has 0 aromatic carbocycles. The fraction of sp³-hybridized carbons (Fsp3) is 0.833. The Kier molecular flexibility index (Phi) is 5.28. The molecule has 12 heavy (non-hydrogen) atoms. The van der Waals surface area contributed by atoms with Crippen LogP contribution in [0.25, 0.3) is 0 Å². The molecule has 0 radical (unpaired) electrons. The molecule has 72 valence electrons. The van der Waals surface area contributed by atoms with Gasteiger partial charge in [-0.15, -0.1) is 0 Å². The lowest BCUT2D eigenvalue weighted by Gasteiger charge is -2.20. The van der Waals surface area contributed by atoms with Crippen LogP contribution in [0.2, 0.25) is 0 Å². The van der Waals surface area contributed by atoms with E-state index < -0.39 is 0 Å². The second-order valence-corrected chi connectivity index (χ2v) is 4.54. The second kappa shape index (κ2) is 5.40. The fourth-order valence-corrected chi connectivity index (χ4v) is 0.900. The summed E-state index contributed by atoms with van der Waals surface area (Å²) in [7, 11) is 0. The van der Waals surface area contributed by atoms with Crippen LogP contribution in [0.1, 0.15) is 53.9 Å². The first kappa shape index (κ1) is 11.7. The largest absolute Gasteiger partial charge is 0.0877 e. The van der Waals surface area contributed by atoms with E-state index in [2.05, 4.69) is 46.8 Å². The Morgan fingerprint density at radius 3 is 2.25 bits per heavy atom. The molecule has 0 heteroatoms. The summed E-state index contributed by atoms with van der Waals surface area (Å²) in [5, 5.41) is 0. The molecule has 0 amide bonds. The van der Waals surface area contributed by atoms with Crippen LogP contribution in [0.3, 0.4) is 0 Å². The maximum atomic E-state index is 2.34. The maximum absolute atomic E-state index is 2.34. The van der Waals surface area contributed by atoms with Crippen molar-refractivity contribution < 1.29 is 0 Å². The van der Waals surface area contributed by atoms with E-state index in [0.717, 1.165) is 5.92 Å². The molecule has 1 atom stereocenters. The zero-order valence-electron chi connectivity index (χ0n) is 9.35. The molecule has 0 saturated carbocycles. The lowest BCUT2D eigenvalue weighted by molar-refractivity contribution is 0.356. The first-order chi connectivity index (χ1) is 5.52. The van der Waals surface area contributed by atoms with Crippen LogP contribution in [0.4, 0.5) is 0 Å².